The van der Waals surface area contributed by atoms with Crippen LogP contribution in [0.15, 0.2) is 48.5 Å². The molecule has 2 amide bonds. The van der Waals surface area contributed by atoms with Gasteiger partial charge in [-0.15, -0.1) is 0 Å². The summed E-state index contributed by atoms with van der Waals surface area (Å²) in [6, 6.07) is 15.3. The lowest BCUT2D eigenvalue weighted by atomic mass is 10.1. The van der Waals surface area contributed by atoms with Gasteiger partial charge in [-0.2, -0.15) is 0 Å². The van der Waals surface area contributed by atoms with E-state index in [4.69, 9.17) is 16.3 Å². The minimum atomic E-state index is -0.372. The normalized spacial score (nSPS) is 19.5. The first-order chi connectivity index (χ1) is 14.1. The van der Waals surface area contributed by atoms with Crippen LogP contribution in [0.3, 0.4) is 0 Å². The number of nitrogens with one attached hydrogen (secondary N) is 1. The number of amides is 2. The molecule has 0 saturated carbocycles. The Kier molecular flexibility index (Phi) is 6.02. The Morgan fingerprint density at radius 3 is 2.62 bits per heavy atom. The van der Waals surface area contributed by atoms with Gasteiger partial charge in [0.1, 0.15) is 0 Å². The van der Waals surface area contributed by atoms with Crippen molar-refractivity contribution in [2.24, 2.45) is 5.92 Å². The lowest BCUT2D eigenvalue weighted by Crippen LogP contribution is -2.37. The van der Waals surface area contributed by atoms with E-state index in [1.165, 1.54) is 0 Å². The third-order valence-corrected chi connectivity index (χ3v) is 5.68. The summed E-state index contributed by atoms with van der Waals surface area (Å²) in [4.78, 5) is 29.2. The second kappa shape index (κ2) is 8.84. The number of rotatable bonds is 5. The summed E-state index contributed by atoms with van der Waals surface area (Å²) in [5, 5.41) is 3.61. The van der Waals surface area contributed by atoms with Crippen LogP contribution in [0.1, 0.15) is 12.0 Å². The van der Waals surface area contributed by atoms with Crippen LogP contribution in [-0.4, -0.2) is 49.6 Å². The maximum Gasteiger partial charge on any atom is 0.229 e. The summed E-state index contributed by atoms with van der Waals surface area (Å²) < 4.78 is 5.42. The number of carbonyl (C=O) groups excluding carboxylic acids is 2. The lowest BCUT2D eigenvalue weighted by molar-refractivity contribution is -0.128. The molecule has 0 aromatic heterocycles. The number of hydrogen-bond acceptors (Lipinski definition) is 4. The number of carbonyl (C=O) groups is 2. The SMILES string of the molecule is O=C(Nc1cccc(Cl)c1N1CCOCC1)[C@@H]1CC(=O)N(Cc2ccccc2)C1. The minimum Gasteiger partial charge on any atom is -0.378 e. The van der Waals surface area contributed by atoms with Crippen molar-refractivity contribution in [3.05, 3.63) is 59.1 Å². The van der Waals surface area contributed by atoms with Gasteiger partial charge in [0, 0.05) is 32.6 Å². The second-order valence-corrected chi connectivity index (χ2v) is 7.79. The topological polar surface area (TPSA) is 61.9 Å². The van der Waals surface area contributed by atoms with Gasteiger partial charge < -0.3 is 19.9 Å². The predicted molar refractivity (Wildman–Crippen MR) is 113 cm³/mol. The highest BCUT2D eigenvalue weighted by Gasteiger charge is 2.34. The molecule has 6 nitrogen and oxygen atoms in total. The number of anilines is 2. The van der Waals surface area contributed by atoms with E-state index in [-0.39, 0.29) is 24.2 Å². The highest BCUT2D eigenvalue weighted by atomic mass is 35.5. The van der Waals surface area contributed by atoms with Crippen molar-refractivity contribution in [1.29, 1.82) is 0 Å². The van der Waals surface area contributed by atoms with E-state index in [0.717, 1.165) is 24.3 Å². The number of benzene rings is 2. The number of ether oxygens (including phenoxy) is 1. The van der Waals surface area contributed by atoms with Crippen LogP contribution >= 0.6 is 11.6 Å². The number of para-hydroxylation sites is 1. The third kappa shape index (κ3) is 4.54. The molecular weight excluding hydrogens is 390 g/mol. The van der Waals surface area contributed by atoms with Crippen LogP contribution in [0.2, 0.25) is 5.02 Å². The van der Waals surface area contributed by atoms with E-state index in [2.05, 4.69) is 10.2 Å². The maximum absolute atomic E-state index is 12.9. The van der Waals surface area contributed by atoms with Gasteiger partial charge in [-0.05, 0) is 17.7 Å². The fourth-order valence-electron chi connectivity index (χ4n) is 3.86. The number of halogens is 1. The van der Waals surface area contributed by atoms with Crippen molar-refractivity contribution in [2.75, 3.05) is 43.1 Å². The Balaban J connectivity index is 1.45. The molecule has 2 aliphatic rings. The molecule has 2 aromatic rings. The van der Waals surface area contributed by atoms with E-state index >= 15 is 0 Å². The highest BCUT2D eigenvalue weighted by molar-refractivity contribution is 6.34. The zero-order valence-corrected chi connectivity index (χ0v) is 16.9. The zero-order valence-electron chi connectivity index (χ0n) is 16.1. The summed E-state index contributed by atoms with van der Waals surface area (Å²) >= 11 is 6.45. The summed E-state index contributed by atoms with van der Waals surface area (Å²) in [6.45, 7) is 3.65. The van der Waals surface area contributed by atoms with Gasteiger partial charge in [-0.25, -0.2) is 0 Å². The van der Waals surface area contributed by atoms with Gasteiger partial charge in [0.15, 0.2) is 0 Å². The van der Waals surface area contributed by atoms with E-state index in [1.54, 1.807) is 4.90 Å². The van der Waals surface area contributed by atoms with Crippen molar-refractivity contribution in [3.63, 3.8) is 0 Å². The smallest absolute Gasteiger partial charge is 0.229 e. The van der Waals surface area contributed by atoms with Crippen LogP contribution < -0.4 is 10.2 Å². The molecule has 152 valence electrons. The molecule has 2 aliphatic heterocycles. The molecule has 0 bridgehead atoms. The Bertz CT molecular complexity index is 884. The van der Waals surface area contributed by atoms with Crippen molar-refractivity contribution in [1.82, 2.24) is 4.90 Å². The van der Waals surface area contributed by atoms with E-state index in [1.807, 2.05) is 48.5 Å². The fraction of sp³-hybridized carbons (Fsp3) is 0.364. The molecular formula is C22H24ClN3O3. The quantitative estimate of drug-likeness (QED) is 0.817. The van der Waals surface area contributed by atoms with Gasteiger partial charge in [0.25, 0.3) is 0 Å². The lowest BCUT2D eigenvalue weighted by Gasteiger charge is -2.31. The molecule has 0 aliphatic carbocycles. The number of hydrogen-bond donors (Lipinski definition) is 1. The van der Waals surface area contributed by atoms with Crippen LogP contribution in [0.25, 0.3) is 0 Å². The summed E-state index contributed by atoms with van der Waals surface area (Å²) in [5.41, 5.74) is 2.56. The molecule has 7 heteroatoms. The van der Waals surface area contributed by atoms with Crippen LogP contribution in [0, 0.1) is 5.92 Å². The Morgan fingerprint density at radius 2 is 1.86 bits per heavy atom. The molecule has 2 fully saturated rings. The Hall–Kier alpha value is -2.57. The molecule has 1 atom stereocenters. The van der Waals surface area contributed by atoms with Crippen LogP contribution in [0.4, 0.5) is 11.4 Å². The monoisotopic (exact) mass is 413 g/mol. The average molecular weight is 414 g/mol. The summed E-state index contributed by atoms with van der Waals surface area (Å²) in [6.07, 6.45) is 0.228. The van der Waals surface area contributed by atoms with E-state index in [9.17, 15) is 9.59 Å². The minimum absolute atomic E-state index is 0.00787. The molecule has 1 N–H and O–H groups in total. The second-order valence-electron chi connectivity index (χ2n) is 7.39. The molecule has 4 rings (SSSR count). The number of morpholine rings is 1. The first-order valence-corrected chi connectivity index (χ1v) is 10.2. The van der Waals surface area contributed by atoms with Crippen molar-refractivity contribution >= 4 is 34.8 Å². The van der Waals surface area contributed by atoms with Gasteiger partial charge in [-0.1, -0.05) is 48.0 Å². The number of nitrogens with zero attached hydrogens (tertiary/aromatic N) is 2. The largest absolute Gasteiger partial charge is 0.378 e. The van der Waals surface area contributed by atoms with Crippen LogP contribution in [-0.2, 0) is 20.9 Å². The van der Waals surface area contributed by atoms with Crippen molar-refractivity contribution in [2.45, 2.75) is 13.0 Å². The third-order valence-electron chi connectivity index (χ3n) is 5.37. The average Bonchev–Trinajstić information content (AvgIpc) is 3.10. The molecule has 0 unspecified atom stereocenters. The molecule has 2 aromatic carbocycles. The molecule has 29 heavy (non-hydrogen) atoms. The van der Waals surface area contributed by atoms with Gasteiger partial charge in [-0.3, -0.25) is 9.59 Å². The molecule has 0 spiro atoms. The van der Waals surface area contributed by atoms with Gasteiger partial charge in [0.2, 0.25) is 11.8 Å². The number of likely N-dealkylation sites (tertiary alicyclic amines) is 1. The van der Waals surface area contributed by atoms with E-state index < -0.39 is 0 Å². The maximum atomic E-state index is 12.9. The first-order valence-electron chi connectivity index (χ1n) is 9.85. The highest BCUT2D eigenvalue weighted by Crippen LogP contribution is 2.35. The molecule has 0 radical (unpaired) electrons. The molecule has 2 heterocycles. The predicted octanol–water partition coefficient (Wildman–Crippen LogP) is 3.16. The first kappa shape index (κ1) is 19.7. The van der Waals surface area contributed by atoms with E-state index in [0.29, 0.717) is 37.0 Å². The standard InChI is InChI=1S/C22H24ClN3O3/c23-18-7-4-8-19(21(18)25-9-11-29-12-10-25)24-22(28)17-13-20(27)26(15-17)14-16-5-2-1-3-6-16/h1-8,17H,9-15H2,(H,24,28)/t17-/m1/s1. The summed E-state index contributed by atoms with van der Waals surface area (Å²) in [7, 11) is 0. The van der Waals surface area contributed by atoms with Crippen molar-refractivity contribution < 1.29 is 14.3 Å². The van der Waals surface area contributed by atoms with Crippen LogP contribution in [0.5, 0.6) is 0 Å². The van der Waals surface area contributed by atoms with Gasteiger partial charge in [0.05, 0.1) is 35.5 Å². The Labute approximate surface area is 175 Å². The Morgan fingerprint density at radius 1 is 1.10 bits per heavy atom. The van der Waals surface area contributed by atoms with Crippen molar-refractivity contribution in [3.8, 4) is 0 Å². The van der Waals surface area contributed by atoms with Gasteiger partial charge >= 0.3 is 0 Å². The molecule has 2 saturated heterocycles. The zero-order chi connectivity index (χ0) is 20.2. The fourth-order valence-corrected chi connectivity index (χ4v) is 4.16. The summed E-state index contributed by atoms with van der Waals surface area (Å²) in [5.74, 6) is -0.512.